The number of phenolic OH excluding ortho intramolecular Hbond substituents is 1. The number of benzene rings is 2. The predicted molar refractivity (Wildman–Crippen MR) is 113 cm³/mol. The summed E-state index contributed by atoms with van der Waals surface area (Å²) in [6, 6.07) is 11.5. The van der Waals surface area contributed by atoms with Crippen LogP contribution in [0, 0.1) is 0 Å². The van der Waals surface area contributed by atoms with Gasteiger partial charge in [0, 0.05) is 26.3 Å². The van der Waals surface area contributed by atoms with E-state index in [1.54, 1.807) is 49.6 Å². The molecule has 8 nitrogen and oxygen atoms in total. The van der Waals surface area contributed by atoms with Gasteiger partial charge in [-0.1, -0.05) is 18.2 Å². The van der Waals surface area contributed by atoms with E-state index in [0.29, 0.717) is 43.3 Å². The summed E-state index contributed by atoms with van der Waals surface area (Å²) in [5, 5.41) is 18.1. The van der Waals surface area contributed by atoms with E-state index in [-0.39, 0.29) is 17.6 Å². The first-order valence-corrected chi connectivity index (χ1v) is 8.98. The summed E-state index contributed by atoms with van der Waals surface area (Å²) in [5.74, 6) is -0.340. The lowest BCUT2D eigenvalue weighted by Crippen LogP contribution is -2.34. The van der Waals surface area contributed by atoms with Gasteiger partial charge in [0.15, 0.2) is 11.5 Å². The van der Waals surface area contributed by atoms with Gasteiger partial charge in [0.2, 0.25) is 5.91 Å². The fourth-order valence-electron chi connectivity index (χ4n) is 2.47. The third kappa shape index (κ3) is 6.98. The maximum absolute atomic E-state index is 12.4. The van der Waals surface area contributed by atoms with Crippen molar-refractivity contribution in [1.82, 2.24) is 10.5 Å². The maximum Gasteiger partial charge on any atom is 0.360 e. The molecule has 0 fully saturated rings. The summed E-state index contributed by atoms with van der Waals surface area (Å²) in [6.07, 6.45) is 2.93. The molecule has 0 bridgehead atoms. The Kier molecular flexibility index (Phi) is 8.74. The van der Waals surface area contributed by atoms with Crippen molar-refractivity contribution in [3.63, 3.8) is 0 Å². The number of ether oxygens (including phenoxy) is 1. The number of hydrogen-bond acceptors (Lipinski definition) is 6. The zero-order valence-corrected chi connectivity index (χ0v) is 16.4. The minimum absolute atomic E-state index is 0.0199. The summed E-state index contributed by atoms with van der Waals surface area (Å²) in [5.41, 5.74) is 1.46. The van der Waals surface area contributed by atoms with Crippen LogP contribution in [0.25, 0.3) is 6.08 Å². The van der Waals surface area contributed by atoms with Gasteiger partial charge in [-0.25, -0.2) is 0 Å². The molecule has 152 valence electrons. The first kappa shape index (κ1) is 22.0. The van der Waals surface area contributed by atoms with Gasteiger partial charge in [-0.3, -0.25) is 9.59 Å². The Morgan fingerprint density at radius 2 is 1.93 bits per heavy atom. The van der Waals surface area contributed by atoms with Gasteiger partial charge in [0.25, 0.3) is 5.91 Å². The van der Waals surface area contributed by atoms with Gasteiger partial charge in [0.05, 0.1) is 18.4 Å². The zero-order chi connectivity index (χ0) is 21.1. The number of anilines is 1. The third-order valence-corrected chi connectivity index (χ3v) is 3.89. The Hall–Kier alpha value is -3.30. The molecule has 0 heterocycles. The van der Waals surface area contributed by atoms with Crippen LogP contribution in [0.2, 0.25) is 0 Å². The van der Waals surface area contributed by atoms with E-state index >= 15 is 0 Å². The fourth-order valence-corrected chi connectivity index (χ4v) is 2.47. The lowest BCUT2D eigenvalue weighted by molar-refractivity contribution is -0.111. The molecule has 0 aromatic heterocycles. The number of phenols is 1. The summed E-state index contributed by atoms with van der Waals surface area (Å²) in [4.78, 5) is 24.7. The number of aromatic hydroxyl groups is 1. The molecule has 0 aliphatic heterocycles. The molecule has 0 saturated carbocycles. The van der Waals surface area contributed by atoms with Gasteiger partial charge in [-0.15, -0.1) is 0 Å². The van der Waals surface area contributed by atoms with Gasteiger partial charge in [0.1, 0.15) is 0 Å². The monoisotopic (exact) mass is 397 g/mol. The minimum atomic E-state index is -0.390. The van der Waals surface area contributed by atoms with Crippen molar-refractivity contribution < 1.29 is 24.1 Å². The highest BCUT2D eigenvalue weighted by Crippen LogP contribution is 2.26. The molecule has 2 aromatic rings. The highest BCUT2D eigenvalue weighted by atomic mass is 16.5. The molecule has 2 aromatic carbocycles. The second-order valence-corrected chi connectivity index (χ2v) is 5.99. The van der Waals surface area contributed by atoms with E-state index in [9.17, 15) is 14.7 Å². The normalized spacial score (nSPS) is 10.6. The molecule has 2 amide bonds. The average molecular weight is 397 g/mol. The third-order valence-electron chi connectivity index (χ3n) is 3.89. The van der Waals surface area contributed by atoms with Gasteiger partial charge in [-0.05, 0) is 35.9 Å². The number of amides is 2. The molecule has 9 heteroatoms. The Morgan fingerprint density at radius 1 is 1.14 bits per heavy atom. The molecule has 0 aliphatic rings. The molecule has 0 spiro atoms. The Balaban J connectivity index is 1.99. The lowest BCUT2D eigenvalue weighted by Gasteiger charge is -2.10. The number of nitrogens with one attached hydrogen (secondary N) is 3. The van der Waals surface area contributed by atoms with Gasteiger partial charge in [-0.2, -0.15) is 0 Å². The number of carbonyl (C=O) groups is 2. The van der Waals surface area contributed by atoms with E-state index in [1.165, 1.54) is 19.3 Å². The minimum Gasteiger partial charge on any atom is -0.504 e. The van der Waals surface area contributed by atoms with Crippen LogP contribution < -0.4 is 20.6 Å². The van der Waals surface area contributed by atoms with Crippen LogP contribution in [0.15, 0.2) is 48.5 Å². The first-order chi connectivity index (χ1) is 14.0. The summed E-state index contributed by atoms with van der Waals surface area (Å²) >= 11 is 0. The number of hydrogen-bond donors (Lipinski definition) is 4. The fraction of sp³-hybridized carbons (Fsp3) is 0.200. The molecule has 4 N–H and O–H groups in total. The van der Waals surface area contributed by atoms with Crippen LogP contribution in [0.1, 0.15) is 15.9 Å². The van der Waals surface area contributed by atoms with E-state index in [4.69, 9.17) is 9.39 Å². The van der Waals surface area contributed by atoms with Crippen LogP contribution in [-0.2, 0) is 9.45 Å². The summed E-state index contributed by atoms with van der Waals surface area (Å²) in [7, 11) is 3.43. The Bertz CT molecular complexity index is 873. The Labute approximate surface area is 170 Å². The molecule has 0 unspecified atom stereocenters. The highest BCUT2D eigenvalue weighted by molar-refractivity contribution is 6.23. The maximum atomic E-state index is 12.4. The van der Waals surface area contributed by atoms with Crippen molar-refractivity contribution in [3.8, 4) is 11.5 Å². The average Bonchev–Trinajstić information content (AvgIpc) is 2.73. The largest absolute Gasteiger partial charge is 0.504 e. The molecule has 0 radical (unpaired) electrons. The number of methoxy groups -OCH3 is 1. The molecule has 0 atom stereocenters. The van der Waals surface area contributed by atoms with Crippen molar-refractivity contribution >= 4 is 31.2 Å². The quantitative estimate of drug-likeness (QED) is 0.273. The number of para-hydroxylation sites is 1. The van der Waals surface area contributed by atoms with Crippen LogP contribution in [0.5, 0.6) is 11.5 Å². The van der Waals surface area contributed by atoms with Crippen molar-refractivity contribution in [2.75, 3.05) is 32.6 Å². The van der Waals surface area contributed by atoms with Gasteiger partial charge >= 0.3 is 7.62 Å². The molecule has 29 heavy (non-hydrogen) atoms. The smallest absolute Gasteiger partial charge is 0.360 e. The SMILES string of the molecule is COBNCCNC(=O)c1ccccc1NC(=O)/C=C/c1ccc(O)c(OC)c1. The van der Waals surface area contributed by atoms with Crippen molar-refractivity contribution in [2.45, 2.75) is 0 Å². The topological polar surface area (TPSA) is 109 Å². The van der Waals surface area contributed by atoms with Gasteiger partial charge < -0.3 is 30.4 Å². The van der Waals surface area contributed by atoms with Crippen molar-refractivity contribution in [1.29, 1.82) is 0 Å². The van der Waals surface area contributed by atoms with E-state index in [0.717, 1.165) is 0 Å². The highest BCUT2D eigenvalue weighted by Gasteiger charge is 2.11. The van der Waals surface area contributed by atoms with Crippen molar-refractivity contribution in [3.05, 3.63) is 59.7 Å². The summed E-state index contributed by atoms with van der Waals surface area (Å²) < 4.78 is 9.92. The van der Waals surface area contributed by atoms with Crippen LogP contribution >= 0.6 is 0 Å². The van der Waals surface area contributed by atoms with Crippen molar-refractivity contribution in [2.24, 2.45) is 0 Å². The Morgan fingerprint density at radius 3 is 2.69 bits per heavy atom. The number of carbonyl (C=O) groups excluding carboxylic acids is 2. The van der Waals surface area contributed by atoms with Crippen LogP contribution in [0.4, 0.5) is 5.69 Å². The second kappa shape index (κ2) is 11.5. The molecular formula is C20H24BN3O5. The van der Waals surface area contributed by atoms with E-state index < -0.39 is 0 Å². The van der Waals surface area contributed by atoms with E-state index in [2.05, 4.69) is 15.9 Å². The lowest BCUT2D eigenvalue weighted by atomic mass is 10.1. The molecule has 0 aliphatic carbocycles. The molecule has 2 rings (SSSR count). The number of rotatable bonds is 10. The van der Waals surface area contributed by atoms with Crippen LogP contribution in [-0.4, -0.2) is 51.8 Å². The first-order valence-electron chi connectivity index (χ1n) is 8.98. The molecule has 0 saturated heterocycles. The molecular weight excluding hydrogens is 373 g/mol. The predicted octanol–water partition coefficient (Wildman–Crippen LogP) is 1.28. The van der Waals surface area contributed by atoms with Crippen LogP contribution in [0.3, 0.4) is 0 Å². The van der Waals surface area contributed by atoms with E-state index in [1.807, 2.05) is 0 Å². The second-order valence-electron chi connectivity index (χ2n) is 5.99. The standard InChI is InChI=1S/C20H24BN3O5/c1-28-18-13-14(7-9-17(18)25)8-10-19(26)24-16-6-4-3-5-15(16)20(27)22-11-12-23-21-29-2/h3-10,13,21,23,25H,11-12H2,1-2H3,(H,22,27)(H,24,26)/b10-8+. The zero-order valence-electron chi connectivity index (χ0n) is 16.4. The summed E-state index contributed by atoms with van der Waals surface area (Å²) in [6.45, 7) is 0.986.